The number of nitrogens with one attached hydrogen (secondary N) is 2. The molecule has 3 aliphatic carbocycles. The molecule has 2 saturated carbocycles. The average molecular weight is 797 g/mol. The fourth-order valence-electron chi connectivity index (χ4n) is 10.1. The van der Waals surface area contributed by atoms with Crippen LogP contribution < -0.4 is 10.6 Å². The van der Waals surface area contributed by atoms with E-state index in [1.165, 1.54) is 32.1 Å². The Morgan fingerprint density at radius 1 is 0.860 bits per heavy atom. The molecule has 2 unspecified atom stereocenters. The first-order valence-electron chi connectivity index (χ1n) is 21.0. The zero-order valence-corrected chi connectivity index (χ0v) is 34.4. The lowest BCUT2D eigenvalue weighted by Gasteiger charge is -2.39. The van der Waals surface area contributed by atoms with Crippen molar-refractivity contribution in [2.75, 3.05) is 19.6 Å². The minimum absolute atomic E-state index is 0.204. The van der Waals surface area contributed by atoms with Gasteiger partial charge < -0.3 is 24.9 Å². The average Bonchev–Trinajstić information content (AvgIpc) is 3.74. The molecular weight excluding hydrogens is 740 g/mol. The number of hydrogen-bond acceptors (Lipinski definition) is 7. The Bertz CT molecular complexity index is 2070. The number of carboxylic acids is 1. The second kappa shape index (κ2) is 16.5. The number of imidazole rings is 2. The first kappa shape index (κ1) is 39.6. The van der Waals surface area contributed by atoms with Crippen molar-refractivity contribution in [2.24, 2.45) is 25.9 Å². The van der Waals surface area contributed by atoms with Crippen LogP contribution in [0.4, 0.5) is 0 Å². The molecule has 2 aliphatic heterocycles. The number of allylic oxidation sites excluding steroid dienone is 2. The quantitative estimate of drug-likeness (QED) is 0.170. The normalized spacial score (nSPS) is 25.7. The number of halogens is 1. The van der Waals surface area contributed by atoms with Gasteiger partial charge in [0, 0.05) is 70.5 Å². The van der Waals surface area contributed by atoms with Crippen molar-refractivity contribution in [2.45, 2.75) is 114 Å². The Morgan fingerprint density at radius 3 is 2.14 bits per heavy atom. The molecule has 3 aromatic rings. The fraction of sp³-hybridized carbons (Fsp3) is 0.568. The molecule has 12 nitrogen and oxygen atoms in total. The molecule has 2 aromatic heterocycles. The zero-order valence-electron chi connectivity index (χ0n) is 33.6. The first-order valence-corrected chi connectivity index (χ1v) is 21.5. The van der Waals surface area contributed by atoms with Crippen LogP contribution in [0.3, 0.4) is 0 Å². The monoisotopic (exact) mass is 796 g/mol. The molecule has 8 rings (SSSR count). The number of benzene rings is 1. The molecule has 0 radical (unpaired) electrons. The van der Waals surface area contributed by atoms with Crippen LogP contribution in [0.25, 0.3) is 5.57 Å². The van der Waals surface area contributed by atoms with Gasteiger partial charge in [-0.25, -0.2) is 9.97 Å². The molecule has 4 heterocycles. The Labute approximate surface area is 340 Å². The topological polar surface area (TPSA) is 138 Å². The summed E-state index contributed by atoms with van der Waals surface area (Å²) < 4.78 is 3.79. The lowest BCUT2D eigenvalue weighted by Crippen LogP contribution is -2.65. The standard InChI is InChI=1S/C44H57ClN8O4/c1-28-10-7-8-13-32(28)33-14-9-22-44(38(33)45,49-42(55)40-47-35-27-53(25-21-37(35)51(40)3)31-11-5-4-6-12-31)48-41(54)39-46-34-26-52(24-20-36(34)50(39)2)23-19-29-15-17-30(18-16-29)43(56)57/h7-10,13-14,22,29-31,38H,4-6,11-12,15-21,23-27H2,1-3H3,(H,48,54)(H,49,55)(H,56,57). The molecule has 0 saturated heterocycles. The van der Waals surface area contributed by atoms with Gasteiger partial charge in [0.2, 0.25) is 0 Å². The molecule has 2 amide bonds. The van der Waals surface area contributed by atoms with Crippen LogP contribution in [0.15, 0.2) is 42.5 Å². The number of aliphatic carboxylic acids is 1. The van der Waals surface area contributed by atoms with E-state index in [2.05, 4.69) is 20.4 Å². The minimum atomic E-state index is -1.50. The van der Waals surface area contributed by atoms with E-state index < -0.39 is 28.8 Å². The molecule has 2 fully saturated rings. The van der Waals surface area contributed by atoms with Crippen LogP contribution in [-0.2, 0) is 44.8 Å². The number of hydrogen-bond donors (Lipinski definition) is 3. The van der Waals surface area contributed by atoms with E-state index in [4.69, 9.17) is 21.6 Å². The molecule has 2 atom stereocenters. The lowest BCUT2D eigenvalue weighted by molar-refractivity contribution is -0.143. The Balaban J connectivity index is 1.02. The van der Waals surface area contributed by atoms with Gasteiger partial charge in [0.05, 0.1) is 17.3 Å². The SMILES string of the molecule is Cc1ccccc1C1=CC=CC(NC(=O)c2nc3c(n2C)CCN(CCC2CCC(C(=O)O)CC2)C3)(NC(=O)c2nc3c(n2C)CCN(C2CCCCC2)C3)C1Cl. The van der Waals surface area contributed by atoms with E-state index in [0.29, 0.717) is 24.3 Å². The highest BCUT2D eigenvalue weighted by Crippen LogP contribution is 2.37. The summed E-state index contributed by atoms with van der Waals surface area (Å²) in [5.41, 5.74) is 5.18. The van der Waals surface area contributed by atoms with Gasteiger partial charge in [0.25, 0.3) is 11.8 Å². The minimum Gasteiger partial charge on any atom is -0.481 e. The number of nitrogens with zero attached hydrogens (tertiary/aromatic N) is 6. The number of carboxylic acid groups (broad SMARTS) is 1. The number of rotatable bonds is 10. The third-order valence-electron chi connectivity index (χ3n) is 13.6. The van der Waals surface area contributed by atoms with E-state index in [1.54, 1.807) is 6.08 Å². The molecule has 5 aliphatic rings. The van der Waals surface area contributed by atoms with Crippen LogP contribution in [0.1, 0.15) is 119 Å². The fourth-order valence-corrected chi connectivity index (χ4v) is 10.5. The van der Waals surface area contributed by atoms with Crippen LogP contribution in [0, 0.1) is 18.8 Å². The number of carbonyl (C=O) groups excluding carboxylic acids is 2. The number of fused-ring (bicyclic) bond motifs is 2. The summed E-state index contributed by atoms with van der Waals surface area (Å²) in [5, 5.41) is 14.9. The van der Waals surface area contributed by atoms with Crippen molar-refractivity contribution in [1.82, 2.24) is 39.5 Å². The van der Waals surface area contributed by atoms with Crippen LogP contribution in [0.2, 0.25) is 0 Å². The number of aromatic nitrogens is 4. The predicted octanol–water partition coefficient (Wildman–Crippen LogP) is 5.91. The second-order valence-electron chi connectivity index (χ2n) is 17.1. The molecule has 57 heavy (non-hydrogen) atoms. The third-order valence-corrected chi connectivity index (χ3v) is 14.2. The largest absolute Gasteiger partial charge is 0.481 e. The lowest BCUT2D eigenvalue weighted by atomic mass is 9.80. The summed E-state index contributed by atoms with van der Waals surface area (Å²) in [5.74, 6) is -0.618. The molecule has 0 bridgehead atoms. The molecule has 3 N–H and O–H groups in total. The van der Waals surface area contributed by atoms with Gasteiger partial charge >= 0.3 is 5.97 Å². The summed E-state index contributed by atoms with van der Waals surface area (Å²) in [6, 6.07) is 8.54. The van der Waals surface area contributed by atoms with Gasteiger partial charge in [-0.05, 0) is 87.1 Å². The van der Waals surface area contributed by atoms with E-state index in [-0.39, 0.29) is 11.7 Å². The number of amides is 2. The smallest absolute Gasteiger partial charge is 0.306 e. The van der Waals surface area contributed by atoms with Crippen molar-refractivity contribution in [3.05, 3.63) is 88.0 Å². The van der Waals surface area contributed by atoms with E-state index in [0.717, 1.165) is 111 Å². The van der Waals surface area contributed by atoms with Crippen molar-refractivity contribution in [3.8, 4) is 0 Å². The van der Waals surface area contributed by atoms with Crippen molar-refractivity contribution in [3.63, 3.8) is 0 Å². The summed E-state index contributed by atoms with van der Waals surface area (Å²) >= 11 is 7.46. The molecule has 0 spiro atoms. The highest BCUT2D eigenvalue weighted by atomic mass is 35.5. The third kappa shape index (κ3) is 7.97. The maximum absolute atomic E-state index is 14.5. The second-order valence-corrected chi connectivity index (χ2v) is 17.5. The summed E-state index contributed by atoms with van der Waals surface area (Å²) in [6.07, 6.45) is 17.9. The van der Waals surface area contributed by atoms with E-state index >= 15 is 0 Å². The van der Waals surface area contributed by atoms with Crippen molar-refractivity contribution >= 4 is 35.0 Å². The first-order chi connectivity index (χ1) is 27.5. The summed E-state index contributed by atoms with van der Waals surface area (Å²) in [7, 11) is 3.78. The van der Waals surface area contributed by atoms with Gasteiger partial charge in [0.15, 0.2) is 17.3 Å². The number of aryl methyl sites for hydroxylation is 1. The van der Waals surface area contributed by atoms with Gasteiger partial charge in [-0.2, -0.15) is 0 Å². The van der Waals surface area contributed by atoms with Crippen LogP contribution >= 0.6 is 11.6 Å². The molecular formula is C44H57ClN8O4. The molecule has 304 valence electrons. The number of alkyl halides is 1. The maximum atomic E-state index is 14.5. The molecule has 13 heteroatoms. The van der Waals surface area contributed by atoms with E-state index in [9.17, 15) is 19.5 Å². The van der Waals surface area contributed by atoms with Crippen LogP contribution in [-0.4, -0.2) is 88.5 Å². The van der Waals surface area contributed by atoms with Gasteiger partial charge in [0.1, 0.15) is 5.38 Å². The maximum Gasteiger partial charge on any atom is 0.306 e. The Morgan fingerprint density at radius 2 is 1.49 bits per heavy atom. The zero-order chi connectivity index (χ0) is 39.8. The van der Waals surface area contributed by atoms with Crippen LogP contribution in [0.5, 0.6) is 0 Å². The number of carbonyl (C=O) groups is 3. The Kier molecular flexibility index (Phi) is 11.5. The van der Waals surface area contributed by atoms with Crippen molar-refractivity contribution in [1.29, 1.82) is 0 Å². The van der Waals surface area contributed by atoms with Gasteiger partial charge in [-0.15, -0.1) is 11.6 Å². The summed E-state index contributed by atoms with van der Waals surface area (Å²) in [6.45, 7) is 6.13. The molecule has 1 aromatic carbocycles. The predicted molar refractivity (Wildman–Crippen MR) is 220 cm³/mol. The van der Waals surface area contributed by atoms with Gasteiger partial charge in [-0.3, -0.25) is 24.2 Å². The van der Waals surface area contributed by atoms with Crippen molar-refractivity contribution < 1.29 is 19.5 Å². The summed E-state index contributed by atoms with van der Waals surface area (Å²) in [4.78, 5) is 55.2. The highest BCUT2D eigenvalue weighted by Gasteiger charge is 2.45. The highest BCUT2D eigenvalue weighted by molar-refractivity contribution is 6.28. The van der Waals surface area contributed by atoms with E-state index in [1.807, 2.05) is 66.6 Å². The van der Waals surface area contributed by atoms with Gasteiger partial charge in [-0.1, -0.05) is 55.7 Å². The Hall–Kier alpha value is -4.26.